The average Bonchev–Trinajstić information content (AvgIpc) is 3.13. The number of aryl methyl sites for hydroxylation is 2. The van der Waals surface area contributed by atoms with E-state index in [1.54, 1.807) is 6.07 Å². The number of hydrogen-bond donors (Lipinski definition) is 2. The molecule has 0 spiro atoms. The predicted octanol–water partition coefficient (Wildman–Crippen LogP) is 3.56. The summed E-state index contributed by atoms with van der Waals surface area (Å²) in [6.45, 7) is 5.72. The fraction of sp³-hybridized carbons (Fsp3) is 0.364. The third kappa shape index (κ3) is 4.34. The van der Waals surface area contributed by atoms with Gasteiger partial charge in [0.1, 0.15) is 11.5 Å². The molecular formula is C22H26FN5O. The molecule has 7 heteroatoms. The van der Waals surface area contributed by atoms with Crippen LogP contribution >= 0.6 is 0 Å². The quantitative estimate of drug-likeness (QED) is 0.710. The maximum absolute atomic E-state index is 14.2. The summed E-state index contributed by atoms with van der Waals surface area (Å²) in [6, 6.07) is 10.8. The van der Waals surface area contributed by atoms with E-state index >= 15 is 0 Å². The van der Waals surface area contributed by atoms with Gasteiger partial charge in [0.15, 0.2) is 0 Å². The molecule has 2 N–H and O–H groups in total. The second-order valence-corrected chi connectivity index (χ2v) is 7.69. The number of carbonyl (C=O) groups excluding carboxylic acids is 1. The van der Waals surface area contributed by atoms with Gasteiger partial charge in [-0.3, -0.25) is 0 Å². The zero-order chi connectivity index (χ0) is 20.4. The number of anilines is 1. The second-order valence-electron chi connectivity index (χ2n) is 7.69. The second kappa shape index (κ2) is 8.11. The number of hydrogen-bond acceptors (Lipinski definition) is 3. The van der Waals surface area contributed by atoms with E-state index in [0.717, 1.165) is 42.0 Å². The van der Waals surface area contributed by atoms with Crippen molar-refractivity contribution >= 4 is 17.4 Å². The Morgan fingerprint density at radius 2 is 2.14 bits per heavy atom. The summed E-state index contributed by atoms with van der Waals surface area (Å²) in [6.07, 6.45) is 3.72. The van der Waals surface area contributed by atoms with Gasteiger partial charge < -0.3 is 19.9 Å². The van der Waals surface area contributed by atoms with E-state index in [9.17, 15) is 9.18 Å². The number of amides is 2. The van der Waals surface area contributed by atoms with Crippen LogP contribution in [0.3, 0.4) is 0 Å². The van der Waals surface area contributed by atoms with Gasteiger partial charge in [0.2, 0.25) is 0 Å². The Hall–Kier alpha value is -3.09. The molecular weight excluding hydrogens is 369 g/mol. The average molecular weight is 395 g/mol. The number of fused-ring (bicyclic) bond motifs is 1. The summed E-state index contributed by atoms with van der Waals surface area (Å²) >= 11 is 0. The van der Waals surface area contributed by atoms with Crippen LogP contribution in [0, 0.1) is 19.7 Å². The molecule has 1 atom stereocenters. The lowest BCUT2D eigenvalue weighted by atomic mass is 10.0. The van der Waals surface area contributed by atoms with Crippen LogP contribution in [0.2, 0.25) is 0 Å². The van der Waals surface area contributed by atoms with E-state index in [0.29, 0.717) is 18.8 Å². The number of carbonyl (C=O) groups is 1. The summed E-state index contributed by atoms with van der Waals surface area (Å²) in [7, 11) is 0. The van der Waals surface area contributed by atoms with Crippen molar-refractivity contribution in [1.29, 1.82) is 0 Å². The fourth-order valence-electron chi connectivity index (χ4n) is 3.87. The molecule has 0 aliphatic carbocycles. The Balaban J connectivity index is 1.34. The molecule has 4 rings (SSSR count). The van der Waals surface area contributed by atoms with E-state index in [4.69, 9.17) is 0 Å². The first-order chi connectivity index (χ1) is 14.0. The first-order valence-corrected chi connectivity index (χ1v) is 9.98. The first kappa shape index (κ1) is 19.2. The Morgan fingerprint density at radius 1 is 1.28 bits per heavy atom. The largest absolute Gasteiger partial charge is 0.367 e. The van der Waals surface area contributed by atoms with Crippen molar-refractivity contribution in [2.75, 3.05) is 18.0 Å². The number of rotatable bonds is 4. The van der Waals surface area contributed by atoms with Gasteiger partial charge in [-0.1, -0.05) is 12.1 Å². The molecule has 1 unspecified atom stereocenters. The summed E-state index contributed by atoms with van der Waals surface area (Å²) in [5.41, 5.74) is 4.40. The number of benzene rings is 1. The molecule has 0 saturated carbocycles. The molecule has 29 heavy (non-hydrogen) atoms. The zero-order valence-corrected chi connectivity index (χ0v) is 16.8. The van der Waals surface area contributed by atoms with Gasteiger partial charge in [-0.2, -0.15) is 0 Å². The summed E-state index contributed by atoms with van der Waals surface area (Å²) in [5.74, 6) is -0.220. The lowest BCUT2D eigenvalue weighted by Gasteiger charge is -2.35. The number of piperidine rings is 1. The van der Waals surface area contributed by atoms with Gasteiger partial charge in [0, 0.05) is 31.0 Å². The van der Waals surface area contributed by atoms with Crippen molar-refractivity contribution in [2.45, 2.75) is 39.3 Å². The molecule has 1 aliphatic heterocycles. The molecule has 1 aromatic carbocycles. The molecule has 2 aromatic heterocycles. The standard InChI is InChI=1S/C22H26FN5O/c1-15-8-9-19(23)20(11-15)27-10-4-6-17(13-27)26-22(29)24-12-18-14-28-16(2)5-3-7-21(28)25-18/h3,5,7-9,11,14,17H,4,6,10,12-13H2,1-2H3,(H2,24,26,29). The van der Waals surface area contributed by atoms with Gasteiger partial charge in [-0.25, -0.2) is 14.2 Å². The molecule has 2 amide bonds. The number of urea groups is 1. The first-order valence-electron chi connectivity index (χ1n) is 9.98. The number of nitrogens with zero attached hydrogens (tertiary/aromatic N) is 3. The van der Waals surface area contributed by atoms with Crippen molar-refractivity contribution in [3.8, 4) is 0 Å². The fourth-order valence-corrected chi connectivity index (χ4v) is 3.87. The normalized spacial score (nSPS) is 16.8. The van der Waals surface area contributed by atoms with Crippen LogP contribution in [0.5, 0.6) is 0 Å². The van der Waals surface area contributed by atoms with Crippen molar-refractivity contribution in [3.05, 3.63) is 65.4 Å². The molecule has 0 radical (unpaired) electrons. The third-order valence-corrected chi connectivity index (χ3v) is 5.37. The topological polar surface area (TPSA) is 61.7 Å². The van der Waals surface area contributed by atoms with Crippen LogP contribution in [0.15, 0.2) is 42.6 Å². The summed E-state index contributed by atoms with van der Waals surface area (Å²) in [4.78, 5) is 18.9. The molecule has 1 saturated heterocycles. The van der Waals surface area contributed by atoms with Crippen molar-refractivity contribution in [2.24, 2.45) is 0 Å². The highest BCUT2D eigenvalue weighted by Crippen LogP contribution is 2.24. The van der Waals surface area contributed by atoms with Crippen LogP contribution in [0.1, 0.15) is 29.8 Å². The molecule has 0 bridgehead atoms. The SMILES string of the molecule is Cc1ccc(F)c(N2CCCC(NC(=O)NCc3cn4c(C)cccc4n3)C2)c1. The highest BCUT2D eigenvalue weighted by atomic mass is 19.1. The lowest BCUT2D eigenvalue weighted by molar-refractivity contribution is 0.234. The number of imidazole rings is 1. The number of aromatic nitrogens is 2. The van der Waals surface area contributed by atoms with Gasteiger partial charge in [-0.15, -0.1) is 0 Å². The van der Waals surface area contributed by atoms with Crippen LogP contribution in [-0.4, -0.2) is 34.5 Å². The van der Waals surface area contributed by atoms with E-state index in [1.807, 2.05) is 53.6 Å². The van der Waals surface area contributed by atoms with Crippen molar-refractivity contribution in [3.63, 3.8) is 0 Å². The van der Waals surface area contributed by atoms with Gasteiger partial charge in [0.05, 0.1) is 17.9 Å². The Labute approximate surface area is 169 Å². The monoisotopic (exact) mass is 395 g/mol. The maximum atomic E-state index is 14.2. The van der Waals surface area contributed by atoms with Crippen LogP contribution in [0.4, 0.5) is 14.9 Å². The highest BCUT2D eigenvalue weighted by molar-refractivity contribution is 5.74. The van der Waals surface area contributed by atoms with Crippen molar-refractivity contribution in [1.82, 2.24) is 20.0 Å². The minimum Gasteiger partial charge on any atom is -0.367 e. The minimum atomic E-state index is -0.227. The summed E-state index contributed by atoms with van der Waals surface area (Å²) in [5, 5.41) is 5.90. The highest BCUT2D eigenvalue weighted by Gasteiger charge is 2.23. The van der Waals surface area contributed by atoms with Crippen molar-refractivity contribution < 1.29 is 9.18 Å². The van der Waals surface area contributed by atoms with Gasteiger partial charge in [-0.05, 0) is 56.5 Å². The van der Waals surface area contributed by atoms with Gasteiger partial charge in [0.25, 0.3) is 0 Å². The third-order valence-electron chi connectivity index (χ3n) is 5.37. The zero-order valence-electron chi connectivity index (χ0n) is 16.8. The van der Waals surface area contributed by atoms with E-state index in [2.05, 4.69) is 15.6 Å². The number of halogens is 1. The summed E-state index contributed by atoms with van der Waals surface area (Å²) < 4.78 is 16.2. The molecule has 3 aromatic rings. The Morgan fingerprint density at radius 3 is 2.97 bits per heavy atom. The molecule has 1 aliphatic rings. The lowest BCUT2D eigenvalue weighted by Crippen LogP contribution is -2.50. The maximum Gasteiger partial charge on any atom is 0.315 e. The molecule has 3 heterocycles. The minimum absolute atomic E-state index is 0.0213. The Kier molecular flexibility index (Phi) is 5.38. The van der Waals surface area contributed by atoms with E-state index in [-0.39, 0.29) is 17.9 Å². The number of pyridine rings is 1. The molecule has 1 fully saturated rings. The smallest absolute Gasteiger partial charge is 0.315 e. The van der Waals surface area contributed by atoms with E-state index in [1.165, 1.54) is 6.07 Å². The molecule has 6 nitrogen and oxygen atoms in total. The van der Waals surface area contributed by atoms with Crippen LogP contribution in [-0.2, 0) is 6.54 Å². The number of nitrogens with one attached hydrogen (secondary N) is 2. The predicted molar refractivity (Wildman–Crippen MR) is 112 cm³/mol. The van der Waals surface area contributed by atoms with E-state index < -0.39 is 0 Å². The van der Waals surface area contributed by atoms with Crippen LogP contribution in [0.25, 0.3) is 5.65 Å². The van der Waals surface area contributed by atoms with Crippen LogP contribution < -0.4 is 15.5 Å². The Bertz CT molecular complexity index is 1030. The van der Waals surface area contributed by atoms with Gasteiger partial charge >= 0.3 is 6.03 Å². The molecule has 152 valence electrons.